The van der Waals surface area contributed by atoms with Gasteiger partial charge in [-0.05, 0) is 229 Å². The average molecular weight is 1580 g/mol. The number of rotatable bonds is 9. The SMILES string of the molecule is Cc1ccccc1-c1ccc2c(c1)B1c3cccc(-c4ccccc4)c3Oc3ccc(-c4ccccc4C)c(c31)O2.Cc1ccccc1-c1ccc2c(c1)B1c3cccc(-c4ccccc4C)c3Oc3ccc(-c4ccccc4)c(c31)O2.Cc1ccccc1-c1cccc2c1Oc1ccc(-c3ccccc3C)c3c1B2c1cc(-c2ccccc2)ccc1O3. The fraction of sp³-hybridized carbons (Fsp3) is 0.0526. The van der Waals surface area contributed by atoms with Crippen molar-refractivity contribution in [3.63, 3.8) is 0 Å². The fourth-order valence-corrected chi connectivity index (χ4v) is 19.5. The van der Waals surface area contributed by atoms with Crippen molar-refractivity contribution in [2.75, 3.05) is 0 Å². The van der Waals surface area contributed by atoms with Gasteiger partial charge in [-0.3, -0.25) is 0 Å². The lowest BCUT2D eigenvalue weighted by atomic mass is 9.34. The summed E-state index contributed by atoms with van der Waals surface area (Å²) in [6.45, 7) is 12.9. The van der Waals surface area contributed by atoms with Gasteiger partial charge in [-0.15, -0.1) is 0 Å². The van der Waals surface area contributed by atoms with Crippen molar-refractivity contribution < 1.29 is 28.4 Å². The molecule has 6 heterocycles. The number of para-hydroxylation sites is 3. The Morgan fingerprint density at radius 2 is 0.382 bits per heavy atom. The summed E-state index contributed by atoms with van der Waals surface area (Å²) in [5.41, 5.74) is 38.5. The molecule has 582 valence electrons. The van der Waals surface area contributed by atoms with Gasteiger partial charge in [-0.25, -0.2) is 0 Å². The second-order valence-corrected chi connectivity index (χ2v) is 32.9. The van der Waals surface area contributed by atoms with Gasteiger partial charge >= 0.3 is 0 Å². The van der Waals surface area contributed by atoms with E-state index in [9.17, 15) is 0 Å². The summed E-state index contributed by atoms with van der Waals surface area (Å²) in [6.07, 6.45) is 0. The van der Waals surface area contributed by atoms with Crippen LogP contribution in [0, 0.1) is 41.5 Å². The Morgan fingerprint density at radius 1 is 0.146 bits per heavy atom. The smallest absolute Gasteiger partial charge is 0.260 e. The Kier molecular flexibility index (Phi) is 18.5. The first-order chi connectivity index (χ1) is 60.5. The molecule has 0 saturated heterocycles. The average Bonchev–Trinajstić information content (AvgIpc) is 0.720. The van der Waals surface area contributed by atoms with Crippen LogP contribution >= 0.6 is 0 Å². The van der Waals surface area contributed by atoms with Gasteiger partial charge in [-0.1, -0.05) is 328 Å². The second kappa shape index (κ2) is 30.6. The van der Waals surface area contributed by atoms with Gasteiger partial charge in [-0.2, -0.15) is 0 Å². The van der Waals surface area contributed by atoms with E-state index in [0.29, 0.717) is 0 Å². The van der Waals surface area contributed by atoms with E-state index in [0.717, 1.165) is 163 Å². The van der Waals surface area contributed by atoms with E-state index in [1.165, 1.54) is 89.0 Å². The van der Waals surface area contributed by atoms with Crippen LogP contribution in [0.1, 0.15) is 33.4 Å². The monoisotopic (exact) mass is 1580 g/mol. The van der Waals surface area contributed by atoms with Crippen molar-refractivity contribution in [1.82, 2.24) is 0 Å². The van der Waals surface area contributed by atoms with E-state index < -0.39 is 0 Å². The van der Waals surface area contributed by atoms with Crippen molar-refractivity contribution in [2.45, 2.75) is 41.5 Å². The lowest BCUT2D eigenvalue weighted by molar-refractivity contribution is 0.466. The molecular weight excluding hydrogens is 1500 g/mol. The standard InChI is InChI=1S/3C38H27BO2/c1-24-11-6-8-15-28(24)27-19-21-34-33(23-27)39-32-18-10-17-31(29-16-9-7-12-25(29)2)37(32)41-35-22-20-30(38(40-34)36(35)39)26-13-4-3-5-14-26;1-24-11-6-8-15-28(24)27-19-21-34-33(23-27)39-32-18-10-17-30(26-13-4-3-5-14-26)37(32)41-35-22-20-31(38(40-34)36(35)39)29-16-9-7-12-25(29)2;1-24-11-6-8-15-28(24)30-17-10-18-32-37(30)41-35-22-20-31(29-16-9-7-12-25(29)2)38-36(35)39(32)33-23-27(19-21-34(33)40-38)26-13-4-3-5-14-26/h3*3-23H,1-2H3. The molecule has 0 saturated carbocycles. The Bertz CT molecular complexity index is 7090. The lowest BCUT2D eigenvalue weighted by Gasteiger charge is -2.35. The van der Waals surface area contributed by atoms with Crippen molar-refractivity contribution >= 4 is 69.3 Å². The quantitative estimate of drug-likeness (QED) is 0.134. The molecule has 0 aliphatic carbocycles. The van der Waals surface area contributed by atoms with E-state index in [2.05, 4.69) is 418 Å². The third-order valence-corrected chi connectivity index (χ3v) is 25.6. The third kappa shape index (κ3) is 12.8. The lowest BCUT2D eigenvalue weighted by Crippen LogP contribution is -2.57. The molecular formula is C114H81B3O6. The maximum Gasteiger partial charge on any atom is 0.260 e. The van der Waals surface area contributed by atoms with Crippen LogP contribution in [0.15, 0.2) is 382 Å². The van der Waals surface area contributed by atoms with Gasteiger partial charge in [0, 0.05) is 49.8 Å². The Balaban J connectivity index is 0.000000110. The summed E-state index contributed by atoms with van der Waals surface area (Å²) < 4.78 is 40.9. The maximum absolute atomic E-state index is 6.84. The molecule has 6 nitrogen and oxygen atoms in total. The molecule has 0 aromatic heterocycles. The molecule has 123 heavy (non-hydrogen) atoms. The summed E-state index contributed by atoms with van der Waals surface area (Å²) in [7, 11) is 0. The van der Waals surface area contributed by atoms with Gasteiger partial charge in [0.1, 0.15) is 69.0 Å². The third-order valence-electron chi connectivity index (χ3n) is 25.6. The number of aryl methyl sites for hydroxylation is 6. The number of hydrogen-bond acceptors (Lipinski definition) is 6. The van der Waals surface area contributed by atoms with Crippen LogP contribution in [-0.4, -0.2) is 20.1 Å². The molecule has 6 aliphatic heterocycles. The van der Waals surface area contributed by atoms with E-state index >= 15 is 0 Å². The van der Waals surface area contributed by atoms with Crippen LogP contribution in [0.5, 0.6) is 69.0 Å². The van der Waals surface area contributed by atoms with Crippen LogP contribution in [-0.2, 0) is 0 Å². The number of benzene rings is 18. The van der Waals surface area contributed by atoms with Crippen LogP contribution in [0.2, 0.25) is 0 Å². The number of hydrogen-bond donors (Lipinski definition) is 0. The molecule has 0 amide bonds. The van der Waals surface area contributed by atoms with Crippen LogP contribution in [0.3, 0.4) is 0 Å². The molecule has 0 spiro atoms. The van der Waals surface area contributed by atoms with Gasteiger partial charge in [0.15, 0.2) is 0 Å². The molecule has 18 aromatic rings. The van der Waals surface area contributed by atoms with Crippen molar-refractivity contribution in [2.24, 2.45) is 0 Å². The van der Waals surface area contributed by atoms with Gasteiger partial charge in [0.05, 0.1) is 0 Å². The highest BCUT2D eigenvalue weighted by atomic mass is 16.5. The molecule has 24 rings (SSSR count). The minimum absolute atomic E-state index is 0.0240. The Hall–Kier alpha value is -15.0. The molecule has 6 aliphatic rings. The van der Waals surface area contributed by atoms with Crippen molar-refractivity contribution in [3.05, 3.63) is 416 Å². The van der Waals surface area contributed by atoms with Crippen LogP contribution in [0.25, 0.3) is 100 Å². The molecule has 0 radical (unpaired) electrons. The van der Waals surface area contributed by atoms with E-state index in [4.69, 9.17) is 28.4 Å². The molecule has 0 N–H and O–H groups in total. The Morgan fingerprint density at radius 3 is 0.732 bits per heavy atom. The van der Waals surface area contributed by atoms with Crippen molar-refractivity contribution in [1.29, 1.82) is 0 Å². The van der Waals surface area contributed by atoms with E-state index in [1.807, 2.05) is 6.07 Å². The molecule has 9 heteroatoms. The highest BCUT2D eigenvalue weighted by Gasteiger charge is 2.46. The highest BCUT2D eigenvalue weighted by Crippen LogP contribution is 2.50. The predicted molar refractivity (Wildman–Crippen MR) is 510 cm³/mol. The first kappa shape index (κ1) is 74.3. The van der Waals surface area contributed by atoms with Crippen molar-refractivity contribution in [3.8, 4) is 169 Å². The minimum atomic E-state index is -0.0240. The largest absolute Gasteiger partial charge is 0.458 e. The van der Waals surface area contributed by atoms with Gasteiger partial charge < -0.3 is 28.4 Å². The zero-order chi connectivity index (χ0) is 82.5. The molecule has 0 unspecified atom stereocenters. The number of ether oxygens (including phenoxy) is 6. The molecule has 0 fully saturated rings. The summed E-state index contributed by atoms with van der Waals surface area (Å²) in [4.78, 5) is 0. The van der Waals surface area contributed by atoms with E-state index in [1.54, 1.807) is 0 Å². The zero-order valence-corrected chi connectivity index (χ0v) is 69.1. The van der Waals surface area contributed by atoms with E-state index in [-0.39, 0.29) is 20.1 Å². The number of fused-ring (bicyclic) bond motifs is 12. The minimum Gasteiger partial charge on any atom is -0.458 e. The highest BCUT2D eigenvalue weighted by molar-refractivity contribution is 7.00. The van der Waals surface area contributed by atoms with Gasteiger partial charge in [0.2, 0.25) is 0 Å². The van der Waals surface area contributed by atoms with Crippen LogP contribution < -0.4 is 77.6 Å². The topological polar surface area (TPSA) is 55.4 Å². The summed E-state index contributed by atoms with van der Waals surface area (Å²) in [5, 5.41) is 0. The second-order valence-electron chi connectivity index (χ2n) is 32.9. The summed E-state index contributed by atoms with van der Waals surface area (Å²) >= 11 is 0. The fourth-order valence-electron chi connectivity index (χ4n) is 19.5. The summed E-state index contributed by atoms with van der Waals surface area (Å²) in [5.74, 6) is 10.6. The maximum atomic E-state index is 6.84. The zero-order valence-electron chi connectivity index (χ0n) is 69.1. The molecule has 0 bridgehead atoms. The molecule has 0 atom stereocenters. The molecule has 18 aromatic carbocycles. The summed E-state index contributed by atoms with van der Waals surface area (Å²) in [6, 6.07) is 135. The normalized spacial score (nSPS) is 12.5. The first-order valence-electron chi connectivity index (χ1n) is 42.4. The Labute approximate surface area is 719 Å². The van der Waals surface area contributed by atoms with Crippen LogP contribution in [0.4, 0.5) is 0 Å². The predicted octanol–water partition coefficient (Wildman–Crippen LogP) is 24.1. The first-order valence-corrected chi connectivity index (χ1v) is 42.4. The van der Waals surface area contributed by atoms with Gasteiger partial charge in [0.25, 0.3) is 20.1 Å².